The number of hydrogen-bond acceptors (Lipinski definition) is 1. The highest BCUT2D eigenvalue weighted by atomic mass is 32.1. The lowest BCUT2D eigenvalue weighted by Crippen LogP contribution is -2.48. The van der Waals surface area contributed by atoms with E-state index in [0.29, 0.717) is 12.1 Å². The third kappa shape index (κ3) is 3.07. The Labute approximate surface area is 98.2 Å². The van der Waals surface area contributed by atoms with E-state index >= 15 is 0 Å². The van der Waals surface area contributed by atoms with Crippen molar-refractivity contribution in [2.75, 3.05) is 0 Å². The van der Waals surface area contributed by atoms with Crippen molar-refractivity contribution < 1.29 is 0 Å². The molecule has 0 saturated heterocycles. The van der Waals surface area contributed by atoms with Crippen LogP contribution in [0.15, 0.2) is 0 Å². The van der Waals surface area contributed by atoms with Gasteiger partial charge in [-0.1, -0.05) is 26.7 Å². The van der Waals surface area contributed by atoms with E-state index in [4.69, 9.17) is 12.2 Å². The Morgan fingerprint density at radius 3 is 2.47 bits per heavy atom. The van der Waals surface area contributed by atoms with Crippen molar-refractivity contribution in [1.29, 1.82) is 0 Å². The minimum Gasteiger partial charge on any atom is -0.360 e. The van der Waals surface area contributed by atoms with E-state index in [1.807, 2.05) is 0 Å². The molecule has 0 unspecified atom stereocenters. The van der Waals surface area contributed by atoms with Gasteiger partial charge in [0.05, 0.1) is 0 Å². The molecule has 2 aliphatic carbocycles. The minimum atomic E-state index is 0.590. The zero-order valence-corrected chi connectivity index (χ0v) is 10.6. The first-order valence-corrected chi connectivity index (χ1v) is 6.64. The molecule has 0 aromatic carbocycles. The predicted octanol–water partition coefficient (Wildman–Crippen LogP) is 2.44. The molecule has 3 atom stereocenters. The molecule has 0 aromatic heterocycles. The van der Waals surface area contributed by atoms with Crippen LogP contribution in [-0.2, 0) is 0 Å². The second kappa shape index (κ2) is 4.69. The first-order valence-electron chi connectivity index (χ1n) is 6.24. The second-order valence-electron chi connectivity index (χ2n) is 5.27. The summed E-state index contributed by atoms with van der Waals surface area (Å²) < 4.78 is 0. The molecule has 2 aliphatic rings. The summed E-state index contributed by atoms with van der Waals surface area (Å²) >= 11 is 5.32. The Morgan fingerprint density at radius 1 is 1.07 bits per heavy atom. The molecule has 0 bridgehead atoms. The van der Waals surface area contributed by atoms with Crippen LogP contribution in [0.2, 0.25) is 0 Å². The topological polar surface area (TPSA) is 24.1 Å². The van der Waals surface area contributed by atoms with Gasteiger partial charge in [-0.05, 0) is 43.3 Å². The van der Waals surface area contributed by atoms with Crippen LogP contribution in [0.1, 0.15) is 46.0 Å². The van der Waals surface area contributed by atoms with E-state index < -0.39 is 0 Å². The monoisotopic (exact) mass is 226 g/mol. The van der Waals surface area contributed by atoms with Crippen LogP contribution in [0.5, 0.6) is 0 Å². The molecular weight excluding hydrogens is 204 g/mol. The van der Waals surface area contributed by atoms with Gasteiger partial charge in [0.15, 0.2) is 5.11 Å². The second-order valence-corrected chi connectivity index (χ2v) is 5.67. The van der Waals surface area contributed by atoms with Gasteiger partial charge in [0.2, 0.25) is 0 Å². The highest BCUT2D eigenvalue weighted by Crippen LogP contribution is 2.29. The first-order chi connectivity index (χ1) is 7.16. The van der Waals surface area contributed by atoms with Crippen molar-refractivity contribution in [2.24, 2.45) is 11.8 Å². The molecule has 2 saturated carbocycles. The molecule has 0 aliphatic heterocycles. The molecule has 0 spiro atoms. The molecule has 0 heterocycles. The summed E-state index contributed by atoms with van der Waals surface area (Å²) in [7, 11) is 0. The third-order valence-electron chi connectivity index (χ3n) is 3.94. The number of thiocarbonyl (C=S) groups is 1. The quantitative estimate of drug-likeness (QED) is 0.707. The number of hydrogen-bond donors (Lipinski definition) is 2. The predicted molar refractivity (Wildman–Crippen MR) is 67.9 cm³/mol. The third-order valence-corrected chi connectivity index (χ3v) is 4.17. The van der Waals surface area contributed by atoms with E-state index in [9.17, 15) is 0 Å². The maximum absolute atomic E-state index is 5.32. The molecule has 2 nitrogen and oxygen atoms in total. The normalized spacial score (nSPS) is 36.0. The molecule has 2 N–H and O–H groups in total. The van der Waals surface area contributed by atoms with Gasteiger partial charge < -0.3 is 10.6 Å². The van der Waals surface area contributed by atoms with Crippen LogP contribution >= 0.6 is 12.2 Å². The summed E-state index contributed by atoms with van der Waals surface area (Å²) in [5.41, 5.74) is 0. The smallest absolute Gasteiger partial charge is 0.166 e. The minimum absolute atomic E-state index is 0.590. The highest BCUT2D eigenvalue weighted by Gasteiger charge is 2.28. The standard InChI is InChI=1S/C12H22N2S/c1-8-4-3-5-11(9(8)2)14-12(15)13-10-6-7-10/h8-11H,3-7H2,1-2H3,(H2,13,14,15)/t8-,9-,11+/m1/s1. The Hall–Kier alpha value is -0.310. The lowest BCUT2D eigenvalue weighted by atomic mass is 9.78. The van der Waals surface area contributed by atoms with Gasteiger partial charge in [0, 0.05) is 12.1 Å². The van der Waals surface area contributed by atoms with Crippen LogP contribution in [0.4, 0.5) is 0 Å². The molecule has 0 amide bonds. The van der Waals surface area contributed by atoms with Gasteiger partial charge in [-0.3, -0.25) is 0 Å². The molecule has 0 radical (unpaired) electrons. The average Bonchev–Trinajstić information content (AvgIpc) is 2.97. The zero-order valence-electron chi connectivity index (χ0n) is 9.75. The van der Waals surface area contributed by atoms with Crippen molar-refractivity contribution in [3.05, 3.63) is 0 Å². The van der Waals surface area contributed by atoms with Crippen LogP contribution in [0, 0.1) is 11.8 Å². The summed E-state index contributed by atoms with van der Waals surface area (Å²) in [5.74, 6) is 1.58. The molecule has 2 fully saturated rings. The Kier molecular flexibility index (Phi) is 3.49. The summed E-state index contributed by atoms with van der Waals surface area (Å²) in [6.45, 7) is 4.71. The fourth-order valence-corrected chi connectivity index (χ4v) is 2.73. The molecule has 3 heteroatoms. The van der Waals surface area contributed by atoms with Gasteiger partial charge in [-0.15, -0.1) is 0 Å². The van der Waals surface area contributed by atoms with Crippen LogP contribution in [0.3, 0.4) is 0 Å². The van der Waals surface area contributed by atoms with Crippen molar-refractivity contribution in [3.63, 3.8) is 0 Å². The van der Waals surface area contributed by atoms with E-state index in [1.54, 1.807) is 0 Å². The maximum atomic E-state index is 5.32. The number of nitrogens with one attached hydrogen (secondary N) is 2. The SMILES string of the molecule is C[C@@H]1[C@H](C)CCC[C@@H]1NC(=S)NC1CC1. The Balaban J connectivity index is 1.78. The lowest BCUT2D eigenvalue weighted by Gasteiger charge is -2.35. The Bertz CT molecular complexity index is 238. The molecule has 0 aromatic rings. The summed E-state index contributed by atoms with van der Waals surface area (Å²) in [6.07, 6.45) is 6.58. The summed E-state index contributed by atoms with van der Waals surface area (Å²) in [5, 5.41) is 7.73. The van der Waals surface area contributed by atoms with Crippen LogP contribution in [-0.4, -0.2) is 17.2 Å². The largest absolute Gasteiger partial charge is 0.360 e. The summed E-state index contributed by atoms with van der Waals surface area (Å²) in [6, 6.07) is 1.26. The van der Waals surface area contributed by atoms with Crippen molar-refractivity contribution in [3.8, 4) is 0 Å². The van der Waals surface area contributed by atoms with E-state index in [0.717, 1.165) is 16.9 Å². The lowest BCUT2D eigenvalue weighted by molar-refractivity contribution is 0.224. The van der Waals surface area contributed by atoms with Gasteiger partial charge in [0.1, 0.15) is 0 Å². The average molecular weight is 226 g/mol. The van der Waals surface area contributed by atoms with Gasteiger partial charge >= 0.3 is 0 Å². The van der Waals surface area contributed by atoms with Crippen molar-refractivity contribution >= 4 is 17.3 Å². The maximum Gasteiger partial charge on any atom is 0.166 e. The molecule has 86 valence electrons. The van der Waals surface area contributed by atoms with E-state index in [-0.39, 0.29) is 0 Å². The van der Waals surface area contributed by atoms with Crippen LogP contribution in [0.25, 0.3) is 0 Å². The molecular formula is C12H22N2S. The van der Waals surface area contributed by atoms with Crippen LogP contribution < -0.4 is 10.6 Å². The highest BCUT2D eigenvalue weighted by molar-refractivity contribution is 7.80. The fourth-order valence-electron chi connectivity index (χ4n) is 2.41. The zero-order chi connectivity index (χ0) is 10.8. The fraction of sp³-hybridized carbons (Fsp3) is 0.917. The molecule has 15 heavy (non-hydrogen) atoms. The Morgan fingerprint density at radius 2 is 1.80 bits per heavy atom. The van der Waals surface area contributed by atoms with Gasteiger partial charge in [0.25, 0.3) is 0 Å². The van der Waals surface area contributed by atoms with E-state index in [2.05, 4.69) is 24.5 Å². The molecule has 2 rings (SSSR count). The van der Waals surface area contributed by atoms with Gasteiger partial charge in [-0.2, -0.15) is 0 Å². The first kappa shape index (κ1) is 11.2. The van der Waals surface area contributed by atoms with E-state index in [1.165, 1.54) is 32.1 Å². The number of rotatable bonds is 2. The van der Waals surface area contributed by atoms with Crippen molar-refractivity contribution in [2.45, 2.75) is 58.0 Å². The van der Waals surface area contributed by atoms with Gasteiger partial charge in [-0.25, -0.2) is 0 Å². The summed E-state index contributed by atoms with van der Waals surface area (Å²) in [4.78, 5) is 0. The van der Waals surface area contributed by atoms with Crippen molar-refractivity contribution in [1.82, 2.24) is 10.6 Å².